The van der Waals surface area contributed by atoms with Crippen LogP contribution in [0.4, 0.5) is 0 Å². The van der Waals surface area contributed by atoms with Crippen LogP contribution < -0.4 is 5.56 Å². The number of allylic oxidation sites excluding steroid dienone is 1. The molecule has 0 atom stereocenters. The second-order valence-corrected chi connectivity index (χ2v) is 7.36. The van der Waals surface area contributed by atoms with E-state index in [9.17, 15) is 9.59 Å². The number of esters is 1. The Bertz CT molecular complexity index is 845. The summed E-state index contributed by atoms with van der Waals surface area (Å²) in [4.78, 5) is 28.8. The summed E-state index contributed by atoms with van der Waals surface area (Å²) in [6.45, 7) is 1.83. The number of nitrogens with zero attached hydrogens (tertiary/aromatic N) is 3. The van der Waals surface area contributed by atoms with Crippen LogP contribution in [0.25, 0.3) is 4.96 Å². The zero-order valence-corrected chi connectivity index (χ0v) is 13.6. The number of hydrogen-bond acceptors (Lipinski definition) is 6. The normalized spacial score (nSPS) is 17.3. The van der Waals surface area contributed by atoms with Crippen molar-refractivity contribution in [3.8, 4) is 0 Å². The molecule has 2 aromatic rings. The molecule has 120 valence electrons. The van der Waals surface area contributed by atoms with E-state index in [1.165, 1.54) is 53.2 Å². The minimum Gasteiger partial charge on any atom is -0.456 e. The lowest BCUT2D eigenvalue weighted by atomic mass is 10.1. The molecule has 0 bridgehead atoms. The van der Waals surface area contributed by atoms with Gasteiger partial charge in [0.15, 0.2) is 0 Å². The van der Waals surface area contributed by atoms with Crippen LogP contribution in [0.5, 0.6) is 0 Å². The molecule has 0 aliphatic heterocycles. The Labute approximate surface area is 136 Å². The molecule has 0 saturated heterocycles. The minimum absolute atomic E-state index is 0.0145. The van der Waals surface area contributed by atoms with Crippen LogP contribution in [0.15, 0.2) is 22.5 Å². The van der Waals surface area contributed by atoms with E-state index in [1.807, 2.05) is 6.92 Å². The summed E-state index contributed by atoms with van der Waals surface area (Å²) in [7, 11) is 0. The van der Waals surface area contributed by atoms with Gasteiger partial charge in [-0.25, -0.2) is 9.78 Å². The number of rotatable bonds is 5. The van der Waals surface area contributed by atoms with Gasteiger partial charge in [-0.2, -0.15) is 9.61 Å². The fraction of sp³-hybridized carbons (Fsp3) is 0.500. The molecule has 23 heavy (non-hydrogen) atoms. The molecule has 6 nitrogen and oxygen atoms in total. The summed E-state index contributed by atoms with van der Waals surface area (Å²) in [5.74, 6) is 0.852. The van der Waals surface area contributed by atoms with Gasteiger partial charge in [-0.05, 0) is 44.4 Å². The third kappa shape index (κ3) is 3.19. The summed E-state index contributed by atoms with van der Waals surface area (Å²) < 4.78 is 6.55. The molecule has 7 heteroatoms. The molecule has 0 N–H and O–H groups in total. The lowest BCUT2D eigenvalue weighted by molar-refractivity contribution is -0.139. The van der Waals surface area contributed by atoms with Gasteiger partial charge in [-0.3, -0.25) is 4.79 Å². The monoisotopic (exact) mass is 331 g/mol. The molecule has 2 aliphatic rings. The topological polar surface area (TPSA) is 73.6 Å². The molecular formula is C16H17N3O3S. The van der Waals surface area contributed by atoms with Gasteiger partial charge in [-0.15, -0.1) is 0 Å². The molecule has 0 amide bonds. The number of fused-ring (bicyclic) bond motifs is 1. The molecule has 2 heterocycles. The SMILES string of the molecule is Cc1nn2c(=O)cc(COC(=O)C=C(C3CC3)C3CC3)nc2s1. The van der Waals surface area contributed by atoms with E-state index in [-0.39, 0.29) is 18.1 Å². The molecule has 2 fully saturated rings. The highest BCUT2D eigenvalue weighted by Gasteiger charge is 2.36. The lowest BCUT2D eigenvalue weighted by Gasteiger charge is -2.05. The summed E-state index contributed by atoms with van der Waals surface area (Å²) in [6, 6.07) is 1.37. The molecule has 2 aliphatic carbocycles. The molecule has 2 saturated carbocycles. The highest BCUT2D eigenvalue weighted by molar-refractivity contribution is 7.16. The number of carbonyl (C=O) groups excluding carboxylic acids is 1. The Morgan fingerprint density at radius 1 is 1.39 bits per heavy atom. The van der Waals surface area contributed by atoms with Crippen molar-refractivity contribution >= 4 is 22.3 Å². The first-order valence-corrected chi connectivity index (χ1v) is 8.66. The Hall–Kier alpha value is -2.02. The van der Waals surface area contributed by atoms with Crippen LogP contribution in [0, 0.1) is 18.8 Å². The van der Waals surface area contributed by atoms with E-state index < -0.39 is 0 Å². The van der Waals surface area contributed by atoms with Gasteiger partial charge < -0.3 is 4.74 Å². The fourth-order valence-corrected chi connectivity index (χ4v) is 3.52. The van der Waals surface area contributed by atoms with Gasteiger partial charge in [0.2, 0.25) is 4.96 Å². The first-order valence-electron chi connectivity index (χ1n) is 7.85. The largest absolute Gasteiger partial charge is 0.456 e. The second kappa shape index (κ2) is 5.56. The molecule has 4 rings (SSSR count). The fourth-order valence-electron chi connectivity index (χ4n) is 2.75. The van der Waals surface area contributed by atoms with Crippen LogP contribution in [0.3, 0.4) is 0 Å². The van der Waals surface area contributed by atoms with Crippen molar-refractivity contribution in [2.24, 2.45) is 11.8 Å². The smallest absolute Gasteiger partial charge is 0.331 e. The lowest BCUT2D eigenvalue weighted by Crippen LogP contribution is -2.16. The van der Waals surface area contributed by atoms with E-state index >= 15 is 0 Å². The van der Waals surface area contributed by atoms with Crippen LogP contribution in [-0.4, -0.2) is 20.6 Å². The van der Waals surface area contributed by atoms with Gasteiger partial charge in [-0.1, -0.05) is 16.9 Å². The van der Waals surface area contributed by atoms with Crippen molar-refractivity contribution < 1.29 is 9.53 Å². The van der Waals surface area contributed by atoms with Crippen LogP contribution in [-0.2, 0) is 16.1 Å². The standard InChI is InChI=1S/C16H17N3O3S/c1-9-18-19-14(20)6-12(17-16(19)23-9)8-22-15(21)7-13(10-2-3-10)11-4-5-11/h6-7,10-11H,2-5,8H2,1H3. The third-order valence-corrected chi connectivity index (χ3v) is 4.97. The third-order valence-electron chi connectivity index (χ3n) is 4.14. The average molecular weight is 331 g/mol. The Morgan fingerprint density at radius 2 is 2.09 bits per heavy atom. The van der Waals surface area contributed by atoms with Crippen molar-refractivity contribution in [1.29, 1.82) is 0 Å². The zero-order chi connectivity index (χ0) is 16.0. The molecule has 0 spiro atoms. The number of carbonyl (C=O) groups is 1. The predicted octanol–water partition coefficient (Wildman–Crippen LogP) is 2.25. The quantitative estimate of drug-likeness (QED) is 0.620. The first-order chi connectivity index (χ1) is 11.1. The van der Waals surface area contributed by atoms with Crippen molar-refractivity contribution in [2.75, 3.05) is 0 Å². The highest BCUT2D eigenvalue weighted by atomic mass is 32.1. The van der Waals surface area contributed by atoms with E-state index in [2.05, 4.69) is 10.1 Å². The molecule has 0 unspecified atom stereocenters. The van der Waals surface area contributed by atoms with E-state index in [4.69, 9.17) is 4.74 Å². The van der Waals surface area contributed by atoms with Crippen LogP contribution >= 0.6 is 11.3 Å². The Balaban J connectivity index is 1.47. The van der Waals surface area contributed by atoms with Gasteiger partial charge in [0, 0.05) is 12.1 Å². The van der Waals surface area contributed by atoms with Gasteiger partial charge in [0.05, 0.1) is 5.69 Å². The predicted molar refractivity (Wildman–Crippen MR) is 85.2 cm³/mol. The van der Waals surface area contributed by atoms with Gasteiger partial charge >= 0.3 is 5.97 Å². The van der Waals surface area contributed by atoms with Crippen molar-refractivity contribution in [3.63, 3.8) is 0 Å². The second-order valence-electron chi connectivity index (χ2n) is 6.20. The number of ether oxygens (including phenoxy) is 1. The average Bonchev–Trinajstić information content (AvgIpc) is 3.41. The number of aryl methyl sites for hydroxylation is 1. The number of hydrogen-bond donors (Lipinski definition) is 0. The van der Waals surface area contributed by atoms with Crippen molar-refractivity contribution in [2.45, 2.75) is 39.2 Å². The minimum atomic E-state index is -0.332. The summed E-state index contributed by atoms with van der Waals surface area (Å²) in [5.41, 5.74) is 1.47. The molecule has 0 aromatic carbocycles. The highest BCUT2D eigenvalue weighted by Crippen LogP contribution is 2.48. The maximum atomic E-state index is 12.0. The molecule has 0 radical (unpaired) electrons. The van der Waals surface area contributed by atoms with Crippen molar-refractivity contribution in [3.05, 3.63) is 38.8 Å². The zero-order valence-electron chi connectivity index (χ0n) is 12.8. The molecule has 2 aromatic heterocycles. The maximum absolute atomic E-state index is 12.0. The number of aromatic nitrogens is 3. The van der Waals surface area contributed by atoms with Crippen LogP contribution in [0.2, 0.25) is 0 Å². The van der Waals surface area contributed by atoms with E-state index in [1.54, 1.807) is 6.08 Å². The Kier molecular flexibility index (Phi) is 3.52. The first kappa shape index (κ1) is 14.6. The van der Waals surface area contributed by atoms with Gasteiger partial charge in [0.1, 0.15) is 11.6 Å². The summed E-state index contributed by atoms with van der Waals surface area (Å²) >= 11 is 1.34. The van der Waals surface area contributed by atoms with E-state index in [0.717, 1.165) is 5.01 Å². The maximum Gasteiger partial charge on any atom is 0.331 e. The van der Waals surface area contributed by atoms with E-state index in [0.29, 0.717) is 22.5 Å². The molecular weight excluding hydrogens is 314 g/mol. The Morgan fingerprint density at radius 3 is 2.74 bits per heavy atom. The van der Waals surface area contributed by atoms with Gasteiger partial charge in [0.25, 0.3) is 5.56 Å². The van der Waals surface area contributed by atoms with Crippen LogP contribution in [0.1, 0.15) is 36.4 Å². The summed E-state index contributed by atoms with van der Waals surface area (Å²) in [6.07, 6.45) is 6.42. The summed E-state index contributed by atoms with van der Waals surface area (Å²) in [5, 5.41) is 4.85. The van der Waals surface area contributed by atoms with Crippen molar-refractivity contribution in [1.82, 2.24) is 14.6 Å².